The molecule has 0 saturated heterocycles. The van der Waals surface area contributed by atoms with Crippen LogP contribution in [0.1, 0.15) is 11.5 Å². The number of fused-ring (bicyclic) bond motifs is 9. The lowest BCUT2D eigenvalue weighted by Gasteiger charge is -2.21. The molecular weight excluding hydrogens is 492 g/mol. The van der Waals surface area contributed by atoms with Crippen molar-refractivity contribution in [1.29, 1.82) is 0 Å². The molecule has 7 aromatic rings. The van der Waals surface area contributed by atoms with Gasteiger partial charge in [0.15, 0.2) is 0 Å². The smallest absolute Gasteiger partial charge is 0.0541 e. The zero-order valence-corrected chi connectivity index (χ0v) is 22.0. The van der Waals surface area contributed by atoms with Crippen molar-refractivity contribution in [2.45, 2.75) is 16.1 Å². The molecule has 5 aromatic carbocycles. The lowest BCUT2D eigenvalue weighted by Crippen LogP contribution is -2.11. The molecule has 2 aromatic heterocycles. The van der Waals surface area contributed by atoms with Gasteiger partial charge in [-0.2, -0.15) is 0 Å². The van der Waals surface area contributed by atoms with E-state index in [-0.39, 0.29) is 0 Å². The Morgan fingerprint density at radius 3 is 1.62 bits per heavy atom. The second kappa shape index (κ2) is 8.02. The summed E-state index contributed by atoms with van der Waals surface area (Å²) >= 11 is 1.99. The normalized spacial score (nSPS) is 18.2. The molecule has 3 heteroatoms. The van der Waals surface area contributed by atoms with E-state index in [1.54, 1.807) is 0 Å². The Hall–Kier alpha value is -4.47. The number of hydrogen-bond donors (Lipinski definition) is 0. The van der Waals surface area contributed by atoms with Crippen LogP contribution in [0.4, 0.5) is 0 Å². The van der Waals surface area contributed by atoms with Gasteiger partial charge >= 0.3 is 0 Å². The van der Waals surface area contributed by atoms with Gasteiger partial charge in [0.25, 0.3) is 0 Å². The molecule has 0 N–H and O–H groups in total. The van der Waals surface area contributed by atoms with E-state index in [0.717, 1.165) is 0 Å². The van der Waals surface area contributed by atoms with Gasteiger partial charge in [0, 0.05) is 49.0 Å². The molecule has 3 heterocycles. The molecule has 1 aliphatic heterocycles. The van der Waals surface area contributed by atoms with Crippen LogP contribution in [0.3, 0.4) is 0 Å². The van der Waals surface area contributed by atoms with Crippen LogP contribution < -0.4 is 0 Å². The van der Waals surface area contributed by atoms with Crippen molar-refractivity contribution in [3.05, 3.63) is 139 Å². The van der Waals surface area contributed by atoms with Gasteiger partial charge < -0.3 is 9.13 Å². The summed E-state index contributed by atoms with van der Waals surface area (Å²) in [5.74, 6) is 0.331. The number of benzene rings is 5. The van der Waals surface area contributed by atoms with Crippen LogP contribution in [0.25, 0.3) is 55.0 Å². The van der Waals surface area contributed by atoms with E-state index in [4.69, 9.17) is 0 Å². The predicted octanol–water partition coefficient (Wildman–Crippen LogP) is 9.56. The molecule has 2 atom stereocenters. The van der Waals surface area contributed by atoms with Crippen molar-refractivity contribution in [2.75, 3.05) is 0 Å². The molecule has 1 aliphatic carbocycles. The van der Waals surface area contributed by atoms with Gasteiger partial charge in [-0.05, 0) is 54.1 Å². The van der Waals surface area contributed by atoms with Gasteiger partial charge in [0.2, 0.25) is 0 Å². The molecule has 39 heavy (non-hydrogen) atoms. The summed E-state index contributed by atoms with van der Waals surface area (Å²) in [6, 6.07) is 42.1. The molecule has 0 radical (unpaired) electrons. The van der Waals surface area contributed by atoms with Crippen molar-refractivity contribution in [3.8, 4) is 5.69 Å². The van der Waals surface area contributed by atoms with E-state index >= 15 is 0 Å². The van der Waals surface area contributed by atoms with Crippen LogP contribution >= 0.6 is 11.8 Å². The van der Waals surface area contributed by atoms with Crippen molar-refractivity contribution in [2.24, 2.45) is 0 Å². The molecule has 0 fully saturated rings. The zero-order valence-electron chi connectivity index (χ0n) is 21.2. The van der Waals surface area contributed by atoms with E-state index in [1.165, 1.54) is 65.5 Å². The highest BCUT2D eigenvalue weighted by atomic mass is 32.2. The Morgan fingerprint density at radius 2 is 1.05 bits per heavy atom. The molecule has 0 spiro atoms. The Balaban J connectivity index is 1.23. The molecule has 2 nitrogen and oxygen atoms in total. The summed E-state index contributed by atoms with van der Waals surface area (Å²) in [5, 5.41) is 5.63. The number of aromatic nitrogens is 2. The van der Waals surface area contributed by atoms with Gasteiger partial charge in [-0.1, -0.05) is 84.9 Å². The SMILES string of the molecule is C1=CC2Sc3ccc(-n4c5ccccc5c5ccccc54)cc3C2C=C1n1c2ccccc2c2ccccc21. The highest BCUT2D eigenvalue weighted by Gasteiger charge is 2.33. The molecular formula is C36H24N2S. The first kappa shape index (κ1) is 21.5. The zero-order chi connectivity index (χ0) is 25.5. The first-order valence-corrected chi connectivity index (χ1v) is 14.4. The number of hydrogen-bond acceptors (Lipinski definition) is 1. The van der Waals surface area contributed by atoms with Crippen LogP contribution in [-0.4, -0.2) is 14.4 Å². The fourth-order valence-corrected chi connectivity index (χ4v) is 8.07. The van der Waals surface area contributed by atoms with E-state index in [9.17, 15) is 0 Å². The van der Waals surface area contributed by atoms with Gasteiger partial charge in [-0.25, -0.2) is 0 Å². The van der Waals surface area contributed by atoms with Crippen molar-refractivity contribution >= 4 is 61.1 Å². The van der Waals surface area contributed by atoms with E-state index < -0.39 is 0 Å². The first-order chi connectivity index (χ1) is 19.3. The van der Waals surface area contributed by atoms with Gasteiger partial charge in [0.1, 0.15) is 0 Å². The number of thioether (sulfide) groups is 1. The van der Waals surface area contributed by atoms with E-state index in [2.05, 4.69) is 143 Å². The maximum Gasteiger partial charge on any atom is 0.0541 e. The molecule has 0 saturated carbocycles. The summed E-state index contributed by atoms with van der Waals surface area (Å²) in [4.78, 5) is 1.39. The summed E-state index contributed by atoms with van der Waals surface area (Å²) < 4.78 is 4.87. The van der Waals surface area contributed by atoms with Crippen LogP contribution in [0, 0.1) is 0 Å². The average Bonchev–Trinajstić information content (AvgIpc) is 3.64. The predicted molar refractivity (Wildman–Crippen MR) is 166 cm³/mol. The minimum absolute atomic E-state index is 0.331. The third-order valence-electron chi connectivity index (χ3n) is 8.45. The maximum absolute atomic E-state index is 2.50. The molecule has 9 rings (SSSR count). The molecule has 2 unspecified atom stereocenters. The Kier molecular flexibility index (Phi) is 4.41. The summed E-state index contributed by atoms with van der Waals surface area (Å²) in [5.41, 5.74) is 8.94. The lowest BCUT2D eigenvalue weighted by atomic mass is 9.91. The quantitative estimate of drug-likeness (QED) is 0.222. The van der Waals surface area contributed by atoms with Gasteiger partial charge in [0.05, 0.1) is 22.1 Å². The number of para-hydroxylation sites is 4. The first-order valence-electron chi connectivity index (χ1n) is 13.5. The van der Waals surface area contributed by atoms with Gasteiger partial charge in [-0.3, -0.25) is 0 Å². The third kappa shape index (κ3) is 2.99. The fourth-order valence-electron chi connectivity index (χ4n) is 6.77. The summed E-state index contributed by atoms with van der Waals surface area (Å²) in [6.07, 6.45) is 7.24. The van der Waals surface area contributed by atoms with Crippen LogP contribution in [0.15, 0.2) is 138 Å². The highest BCUT2D eigenvalue weighted by molar-refractivity contribution is 8.00. The van der Waals surface area contributed by atoms with Crippen LogP contribution in [-0.2, 0) is 0 Å². The highest BCUT2D eigenvalue weighted by Crippen LogP contribution is 2.50. The second-order valence-corrected chi connectivity index (χ2v) is 11.7. The van der Waals surface area contributed by atoms with Gasteiger partial charge in [-0.15, -0.1) is 11.8 Å². The van der Waals surface area contributed by atoms with Crippen LogP contribution in [0.5, 0.6) is 0 Å². The lowest BCUT2D eigenvalue weighted by molar-refractivity contribution is 0.873. The summed E-state index contributed by atoms with van der Waals surface area (Å²) in [6.45, 7) is 0. The maximum atomic E-state index is 2.50. The monoisotopic (exact) mass is 516 g/mol. The largest absolute Gasteiger partial charge is 0.310 e. The molecule has 0 amide bonds. The second-order valence-electron chi connectivity index (χ2n) is 10.5. The number of allylic oxidation sites excluding steroid dienone is 3. The van der Waals surface area contributed by atoms with Crippen molar-refractivity contribution in [3.63, 3.8) is 0 Å². The van der Waals surface area contributed by atoms with Crippen molar-refractivity contribution in [1.82, 2.24) is 9.13 Å². The van der Waals surface area contributed by atoms with E-state index in [1.807, 2.05) is 11.8 Å². The summed E-state index contributed by atoms with van der Waals surface area (Å²) in [7, 11) is 0. The molecule has 184 valence electrons. The Morgan fingerprint density at radius 1 is 0.538 bits per heavy atom. The topological polar surface area (TPSA) is 9.86 Å². The third-order valence-corrected chi connectivity index (χ3v) is 9.80. The fraction of sp³-hybridized carbons (Fsp3) is 0.0556. The van der Waals surface area contributed by atoms with E-state index in [0.29, 0.717) is 11.2 Å². The molecule has 2 aliphatic rings. The Bertz CT molecular complexity index is 2070. The minimum Gasteiger partial charge on any atom is -0.310 e. The van der Waals surface area contributed by atoms with Crippen LogP contribution in [0.2, 0.25) is 0 Å². The number of nitrogens with zero attached hydrogens (tertiary/aromatic N) is 2. The average molecular weight is 517 g/mol. The van der Waals surface area contributed by atoms with Crippen molar-refractivity contribution < 1.29 is 0 Å². The standard InChI is InChI=1S/C36H24N2S/c1-5-13-31-25(9-1)26-10-2-6-14-32(26)37(31)23-17-19-35-29(21-23)30-22-24(18-20-36(30)39-35)38-33-15-7-3-11-27(33)28-12-4-8-16-34(28)38/h1-22,29,35H. The molecule has 0 bridgehead atoms. The minimum atomic E-state index is 0.331. The Labute approximate surface area is 230 Å². The number of rotatable bonds is 2.